The first-order valence-electron chi connectivity index (χ1n) is 4.90. The minimum absolute atomic E-state index is 0.317. The topological polar surface area (TPSA) is 104 Å². The molecule has 0 radical (unpaired) electrons. The summed E-state index contributed by atoms with van der Waals surface area (Å²) in [4.78, 5) is 20.1. The van der Waals surface area contributed by atoms with Crippen molar-refractivity contribution in [2.75, 3.05) is 0 Å². The number of aromatic nitrogens is 2. The van der Waals surface area contributed by atoms with Crippen molar-refractivity contribution in [2.24, 2.45) is 7.05 Å². The fourth-order valence-corrected chi connectivity index (χ4v) is 1.54. The van der Waals surface area contributed by atoms with E-state index in [2.05, 4.69) is 5.10 Å². The highest BCUT2D eigenvalue weighted by Gasteiger charge is 2.17. The van der Waals surface area contributed by atoms with Gasteiger partial charge < -0.3 is 0 Å². The second-order valence-corrected chi connectivity index (χ2v) is 3.65. The number of benzene rings is 1. The highest BCUT2D eigenvalue weighted by Crippen LogP contribution is 2.29. The van der Waals surface area contributed by atoms with Gasteiger partial charge in [0, 0.05) is 30.9 Å². The number of aryl methyl sites for hydroxylation is 1. The lowest BCUT2D eigenvalue weighted by Gasteiger charge is -1.98. The van der Waals surface area contributed by atoms with Gasteiger partial charge in [0.05, 0.1) is 22.1 Å². The minimum Gasteiger partial charge on any atom is -0.275 e. The Labute approximate surface area is 101 Å². The zero-order valence-corrected chi connectivity index (χ0v) is 9.31. The van der Waals surface area contributed by atoms with Crippen LogP contribution in [-0.4, -0.2) is 19.6 Å². The van der Waals surface area contributed by atoms with Crippen LogP contribution in [0.3, 0.4) is 0 Å². The van der Waals surface area contributed by atoms with Crippen LogP contribution in [0.15, 0.2) is 30.6 Å². The van der Waals surface area contributed by atoms with Crippen molar-refractivity contribution in [3.05, 3.63) is 50.8 Å². The van der Waals surface area contributed by atoms with E-state index in [9.17, 15) is 20.2 Å². The number of rotatable bonds is 3. The molecule has 0 N–H and O–H groups in total. The zero-order valence-electron chi connectivity index (χ0n) is 9.31. The van der Waals surface area contributed by atoms with Gasteiger partial charge in [-0.2, -0.15) is 5.10 Å². The van der Waals surface area contributed by atoms with E-state index in [1.54, 1.807) is 13.2 Å². The molecule has 18 heavy (non-hydrogen) atoms. The Balaban J connectivity index is 2.60. The fraction of sp³-hybridized carbons (Fsp3) is 0.100. The summed E-state index contributed by atoms with van der Waals surface area (Å²) < 4.78 is 1.51. The maximum Gasteiger partial charge on any atom is 0.276 e. The van der Waals surface area contributed by atoms with Crippen LogP contribution >= 0.6 is 0 Å². The average molecular weight is 248 g/mol. The van der Waals surface area contributed by atoms with Crippen molar-refractivity contribution < 1.29 is 9.85 Å². The molecule has 0 aliphatic carbocycles. The Morgan fingerprint density at radius 2 is 1.61 bits per heavy atom. The molecule has 0 bridgehead atoms. The molecule has 0 spiro atoms. The molecule has 2 aromatic rings. The van der Waals surface area contributed by atoms with Crippen LogP contribution in [0.1, 0.15) is 0 Å². The summed E-state index contributed by atoms with van der Waals surface area (Å²) in [6.07, 6.45) is 3.12. The van der Waals surface area contributed by atoms with Crippen molar-refractivity contribution in [3.8, 4) is 11.1 Å². The summed E-state index contributed by atoms with van der Waals surface area (Å²) in [5.41, 5.74) is 0.347. The lowest BCUT2D eigenvalue weighted by molar-refractivity contribution is -0.394. The summed E-state index contributed by atoms with van der Waals surface area (Å²) >= 11 is 0. The van der Waals surface area contributed by atoms with Crippen LogP contribution in [0.25, 0.3) is 11.1 Å². The van der Waals surface area contributed by atoms with Gasteiger partial charge in [0.1, 0.15) is 0 Å². The number of nitro groups is 2. The largest absolute Gasteiger partial charge is 0.276 e. The molecule has 1 aromatic heterocycles. The van der Waals surface area contributed by atoms with Crippen LogP contribution in [0.4, 0.5) is 11.4 Å². The van der Waals surface area contributed by atoms with E-state index in [1.165, 1.54) is 23.0 Å². The van der Waals surface area contributed by atoms with Gasteiger partial charge in [-0.1, -0.05) is 0 Å². The monoisotopic (exact) mass is 248 g/mol. The van der Waals surface area contributed by atoms with Gasteiger partial charge in [-0.05, 0) is 5.56 Å². The van der Waals surface area contributed by atoms with Crippen LogP contribution in [-0.2, 0) is 7.05 Å². The van der Waals surface area contributed by atoms with Gasteiger partial charge in [-0.3, -0.25) is 24.9 Å². The minimum atomic E-state index is -0.660. The number of nitrogens with zero attached hydrogens (tertiary/aromatic N) is 4. The van der Waals surface area contributed by atoms with Crippen LogP contribution in [0, 0.1) is 20.2 Å². The predicted molar refractivity (Wildman–Crippen MR) is 62.0 cm³/mol. The molecular weight excluding hydrogens is 240 g/mol. The van der Waals surface area contributed by atoms with E-state index in [1.807, 2.05) is 0 Å². The average Bonchev–Trinajstić information content (AvgIpc) is 2.75. The highest BCUT2D eigenvalue weighted by atomic mass is 16.6. The van der Waals surface area contributed by atoms with Crippen LogP contribution in [0.5, 0.6) is 0 Å². The third kappa shape index (κ3) is 2.17. The molecule has 8 nitrogen and oxygen atoms in total. The first-order valence-corrected chi connectivity index (χ1v) is 4.90. The summed E-state index contributed by atoms with van der Waals surface area (Å²) in [7, 11) is 1.69. The standard InChI is InChI=1S/C10H8N4O4/c1-12-6-8(5-11-12)7-2-9(13(15)16)4-10(3-7)14(17)18/h2-6H,1H3. The lowest BCUT2D eigenvalue weighted by Crippen LogP contribution is -1.93. The van der Waals surface area contributed by atoms with E-state index in [-0.39, 0.29) is 11.4 Å². The summed E-state index contributed by atoms with van der Waals surface area (Å²) in [6, 6.07) is 3.49. The molecule has 8 heteroatoms. The highest BCUT2D eigenvalue weighted by molar-refractivity contribution is 5.68. The molecule has 0 saturated carbocycles. The maximum atomic E-state index is 10.7. The number of non-ortho nitro benzene ring substituents is 2. The molecule has 0 aliphatic rings. The number of hydrogen-bond donors (Lipinski definition) is 0. The molecule has 0 amide bonds. The van der Waals surface area contributed by atoms with Crippen LogP contribution in [0.2, 0.25) is 0 Å². The van der Waals surface area contributed by atoms with Gasteiger partial charge >= 0.3 is 0 Å². The van der Waals surface area contributed by atoms with Crippen molar-refractivity contribution >= 4 is 11.4 Å². The molecule has 0 saturated heterocycles. The third-order valence-corrected chi connectivity index (χ3v) is 2.36. The van der Waals surface area contributed by atoms with Crippen molar-refractivity contribution in [2.45, 2.75) is 0 Å². The normalized spacial score (nSPS) is 10.3. The molecular formula is C10H8N4O4. The smallest absolute Gasteiger partial charge is 0.275 e. The zero-order chi connectivity index (χ0) is 13.3. The Kier molecular flexibility index (Phi) is 2.76. The Bertz CT molecular complexity index is 602. The van der Waals surface area contributed by atoms with E-state index >= 15 is 0 Å². The third-order valence-electron chi connectivity index (χ3n) is 2.36. The van der Waals surface area contributed by atoms with E-state index < -0.39 is 9.85 Å². The quantitative estimate of drug-likeness (QED) is 0.609. The Morgan fingerprint density at radius 3 is 2.00 bits per heavy atom. The van der Waals surface area contributed by atoms with Gasteiger partial charge in [0.25, 0.3) is 11.4 Å². The summed E-state index contributed by atoms with van der Waals surface area (Å²) in [6.45, 7) is 0. The van der Waals surface area contributed by atoms with Gasteiger partial charge in [-0.15, -0.1) is 0 Å². The Morgan fingerprint density at radius 1 is 1.06 bits per heavy atom. The van der Waals surface area contributed by atoms with E-state index in [0.717, 1.165) is 6.07 Å². The number of nitro benzene ring substituents is 2. The molecule has 0 atom stereocenters. The van der Waals surface area contributed by atoms with Crippen LogP contribution < -0.4 is 0 Å². The van der Waals surface area contributed by atoms with E-state index in [4.69, 9.17) is 0 Å². The van der Waals surface area contributed by atoms with Gasteiger partial charge in [0.15, 0.2) is 0 Å². The summed E-state index contributed by atoms with van der Waals surface area (Å²) in [5, 5.41) is 25.4. The molecule has 0 unspecified atom stereocenters. The molecule has 1 aromatic carbocycles. The predicted octanol–water partition coefficient (Wildman–Crippen LogP) is 1.90. The van der Waals surface area contributed by atoms with Crippen molar-refractivity contribution in [3.63, 3.8) is 0 Å². The van der Waals surface area contributed by atoms with Gasteiger partial charge in [-0.25, -0.2) is 0 Å². The number of hydrogen-bond acceptors (Lipinski definition) is 5. The fourth-order valence-electron chi connectivity index (χ4n) is 1.54. The maximum absolute atomic E-state index is 10.7. The van der Waals surface area contributed by atoms with E-state index in [0.29, 0.717) is 11.1 Å². The SMILES string of the molecule is Cn1cc(-c2cc([N+](=O)[O-])cc([N+](=O)[O-])c2)cn1. The molecule has 92 valence electrons. The molecule has 0 aliphatic heterocycles. The van der Waals surface area contributed by atoms with Crippen molar-refractivity contribution in [1.82, 2.24) is 9.78 Å². The molecule has 1 heterocycles. The lowest BCUT2D eigenvalue weighted by atomic mass is 10.1. The molecule has 0 fully saturated rings. The first kappa shape index (κ1) is 11.7. The first-order chi connectivity index (χ1) is 8.47. The second kappa shape index (κ2) is 4.24. The second-order valence-electron chi connectivity index (χ2n) is 3.65. The molecule has 2 rings (SSSR count). The summed E-state index contributed by atoms with van der Waals surface area (Å²) in [5.74, 6) is 0. The Hall–Kier alpha value is -2.77. The van der Waals surface area contributed by atoms with Crippen molar-refractivity contribution in [1.29, 1.82) is 0 Å². The van der Waals surface area contributed by atoms with Gasteiger partial charge in [0.2, 0.25) is 0 Å².